The molecule has 42 heavy (non-hydrogen) atoms. The summed E-state index contributed by atoms with van der Waals surface area (Å²) in [4.78, 5) is 29.6. The highest BCUT2D eigenvalue weighted by Gasteiger charge is 2.72. The number of nitrogens with zero attached hydrogens (tertiary/aromatic N) is 5. The summed E-state index contributed by atoms with van der Waals surface area (Å²) in [6, 6.07) is 2.24. The summed E-state index contributed by atoms with van der Waals surface area (Å²) in [6.07, 6.45) is 10.1. The average Bonchev–Trinajstić information content (AvgIpc) is 3.33. The standard InChI is InChI=1S/C34H50N6O2/c1-29(2)11-13-34(20-36-19-26-37-39-40(8)38-26)14-12-33(7)27(22(34)17-29)23(41)15-25-31(5)16-21(18-35)28(42)30(3,4)24(31)9-10-32(25,33)6/h16,22,24-25,27,36H,9-15,17,19-20H2,1-8H3. The highest BCUT2D eigenvalue weighted by atomic mass is 16.1. The fourth-order valence-electron chi connectivity index (χ4n) is 11.5. The molecule has 8 atom stereocenters. The molecule has 0 amide bonds. The van der Waals surface area contributed by atoms with Crippen molar-refractivity contribution < 1.29 is 9.59 Å². The number of fused-ring (bicyclic) bond motifs is 7. The zero-order chi connectivity index (χ0) is 30.5. The topological polar surface area (TPSA) is 114 Å². The second kappa shape index (κ2) is 9.30. The van der Waals surface area contributed by atoms with Crippen LogP contribution in [0.2, 0.25) is 0 Å². The maximum Gasteiger partial charge on any atom is 0.188 e. The summed E-state index contributed by atoms with van der Waals surface area (Å²) in [7, 11) is 1.79. The highest BCUT2D eigenvalue weighted by molar-refractivity contribution is 6.04. The number of aryl methyl sites for hydroxylation is 1. The zero-order valence-corrected chi connectivity index (χ0v) is 27.0. The van der Waals surface area contributed by atoms with Crippen molar-refractivity contribution in [2.45, 2.75) is 106 Å². The van der Waals surface area contributed by atoms with Gasteiger partial charge in [0.15, 0.2) is 11.6 Å². The molecule has 5 aliphatic rings. The number of hydrogen-bond donors (Lipinski definition) is 1. The van der Waals surface area contributed by atoms with Crippen molar-refractivity contribution >= 4 is 11.6 Å². The van der Waals surface area contributed by atoms with E-state index in [2.05, 4.69) is 61.4 Å². The SMILES string of the molecule is Cn1nnc(CNCC23CCC(C)(C)CC2C2C(=O)CC4C5(C)C=C(C#N)C(=O)C(C)(C)C5CCC4(C)C2(C)CC3)n1. The Balaban J connectivity index is 1.37. The van der Waals surface area contributed by atoms with Crippen LogP contribution in [0.5, 0.6) is 0 Å². The van der Waals surface area contributed by atoms with Gasteiger partial charge in [0.1, 0.15) is 11.9 Å². The third kappa shape index (κ3) is 3.97. The number of carbonyl (C=O) groups excluding carboxylic acids is 2. The van der Waals surface area contributed by atoms with Gasteiger partial charge in [-0.2, -0.15) is 10.1 Å². The Morgan fingerprint density at radius 2 is 1.71 bits per heavy atom. The van der Waals surface area contributed by atoms with Gasteiger partial charge in [-0.25, -0.2) is 0 Å². The zero-order valence-electron chi connectivity index (χ0n) is 27.0. The number of ketones is 2. The third-order valence-electron chi connectivity index (χ3n) is 14.0. The molecule has 8 unspecified atom stereocenters. The van der Waals surface area contributed by atoms with E-state index in [9.17, 15) is 14.9 Å². The number of allylic oxidation sites excluding steroid dienone is 2. The van der Waals surface area contributed by atoms with E-state index in [4.69, 9.17) is 0 Å². The van der Waals surface area contributed by atoms with Gasteiger partial charge in [0, 0.05) is 24.3 Å². The van der Waals surface area contributed by atoms with E-state index in [0.29, 0.717) is 36.1 Å². The van der Waals surface area contributed by atoms with Gasteiger partial charge < -0.3 is 5.32 Å². The number of hydrogen-bond acceptors (Lipinski definition) is 7. The Morgan fingerprint density at radius 1 is 1.00 bits per heavy atom. The number of rotatable bonds is 4. The molecule has 1 N–H and O–H groups in total. The smallest absolute Gasteiger partial charge is 0.188 e. The molecule has 0 saturated heterocycles. The first-order valence-electron chi connectivity index (χ1n) is 16.2. The first kappa shape index (κ1) is 29.7. The minimum absolute atomic E-state index is 0.0290. The van der Waals surface area contributed by atoms with Gasteiger partial charge in [-0.05, 0) is 95.0 Å². The molecular formula is C34H50N6O2. The Hall–Kier alpha value is -2.40. The lowest BCUT2D eigenvalue weighted by Gasteiger charge is -2.72. The van der Waals surface area contributed by atoms with Crippen molar-refractivity contribution in [3.05, 3.63) is 17.5 Å². The fraction of sp³-hybridized carbons (Fsp3) is 0.824. The first-order chi connectivity index (χ1) is 19.5. The van der Waals surface area contributed by atoms with Crippen molar-refractivity contribution in [2.75, 3.05) is 6.54 Å². The normalized spacial score (nSPS) is 43.7. The summed E-state index contributed by atoms with van der Waals surface area (Å²) in [6.45, 7) is 17.5. The molecule has 1 aromatic heterocycles. The highest BCUT2D eigenvalue weighted by Crippen LogP contribution is 2.75. The Labute approximate surface area is 251 Å². The van der Waals surface area contributed by atoms with E-state index >= 15 is 0 Å². The quantitative estimate of drug-likeness (QED) is 0.498. The number of nitrogens with one attached hydrogen (secondary N) is 1. The lowest BCUT2D eigenvalue weighted by atomic mass is 9.31. The van der Waals surface area contributed by atoms with Crippen LogP contribution in [0.1, 0.15) is 106 Å². The molecule has 0 radical (unpaired) electrons. The van der Waals surface area contributed by atoms with Crippen molar-refractivity contribution in [3.63, 3.8) is 0 Å². The Kier molecular flexibility index (Phi) is 6.57. The van der Waals surface area contributed by atoms with Crippen LogP contribution in [-0.2, 0) is 23.2 Å². The van der Waals surface area contributed by atoms with E-state index in [-0.39, 0.29) is 50.6 Å². The van der Waals surface area contributed by atoms with Gasteiger partial charge >= 0.3 is 0 Å². The van der Waals surface area contributed by atoms with Gasteiger partial charge in [-0.1, -0.05) is 54.5 Å². The number of aromatic nitrogens is 4. The summed E-state index contributed by atoms with van der Waals surface area (Å²) in [5.41, 5.74) is -0.548. The molecule has 0 spiro atoms. The monoisotopic (exact) mass is 574 g/mol. The van der Waals surface area contributed by atoms with Crippen molar-refractivity contribution in [1.29, 1.82) is 5.26 Å². The van der Waals surface area contributed by atoms with E-state index in [1.54, 1.807) is 7.05 Å². The second-order valence-electron chi connectivity index (χ2n) is 16.8. The minimum Gasteiger partial charge on any atom is -0.309 e. The van der Waals surface area contributed by atoms with Crippen LogP contribution in [-0.4, -0.2) is 38.3 Å². The van der Waals surface area contributed by atoms with E-state index in [1.807, 2.05) is 19.9 Å². The van der Waals surface area contributed by atoms with E-state index in [0.717, 1.165) is 45.1 Å². The molecule has 1 heterocycles. The molecule has 0 aromatic carbocycles. The van der Waals surface area contributed by atoms with Crippen LogP contribution >= 0.6 is 0 Å². The molecule has 8 heteroatoms. The van der Waals surface area contributed by atoms with Gasteiger partial charge in [0.2, 0.25) is 0 Å². The van der Waals surface area contributed by atoms with Crippen molar-refractivity contribution in [3.8, 4) is 6.07 Å². The molecule has 0 bridgehead atoms. The van der Waals surface area contributed by atoms with Gasteiger partial charge in [0.25, 0.3) is 0 Å². The molecular weight excluding hydrogens is 524 g/mol. The van der Waals surface area contributed by atoms with Crippen LogP contribution in [0, 0.1) is 67.5 Å². The molecule has 4 saturated carbocycles. The van der Waals surface area contributed by atoms with Crippen LogP contribution in [0.4, 0.5) is 0 Å². The number of Topliss-reactive ketones (excluding diaryl/α,β-unsaturated/α-hetero) is 2. The average molecular weight is 575 g/mol. The van der Waals surface area contributed by atoms with Gasteiger partial charge in [-0.15, -0.1) is 10.2 Å². The molecule has 4 fully saturated rings. The lowest BCUT2D eigenvalue weighted by molar-refractivity contribution is -0.222. The Bertz CT molecular complexity index is 1390. The van der Waals surface area contributed by atoms with Crippen molar-refractivity contribution in [2.24, 2.45) is 63.2 Å². The van der Waals surface area contributed by atoms with Crippen LogP contribution in [0.3, 0.4) is 0 Å². The molecule has 228 valence electrons. The third-order valence-corrected chi connectivity index (χ3v) is 14.0. The van der Waals surface area contributed by atoms with Crippen molar-refractivity contribution in [1.82, 2.24) is 25.5 Å². The van der Waals surface area contributed by atoms with E-state index < -0.39 is 5.41 Å². The predicted molar refractivity (Wildman–Crippen MR) is 159 cm³/mol. The lowest BCUT2D eigenvalue weighted by Crippen LogP contribution is -2.69. The summed E-state index contributed by atoms with van der Waals surface area (Å²) < 4.78 is 0. The van der Waals surface area contributed by atoms with Crippen LogP contribution in [0.15, 0.2) is 11.6 Å². The largest absolute Gasteiger partial charge is 0.309 e. The summed E-state index contributed by atoms with van der Waals surface area (Å²) in [5.74, 6) is 1.71. The molecule has 8 nitrogen and oxygen atoms in total. The molecule has 0 aliphatic heterocycles. The van der Waals surface area contributed by atoms with E-state index in [1.165, 1.54) is 11.2 Å². The minimum atomic E-state index is -0.602. The number of tetrazole rings is 1. The Morgan fingerprint density at radius 3 is 2.38 bits per heavy atom. The second-order valence-corrected chi connectivity index (χ2v) is 16.8. The summed E-state index contributed by atoms with van der Waals surface area (Å²) in [5, 5.41) is 26.2. The summed E-state index contributed by atoms with van der Waals surface area (Å²) >= 11 is 0. The van der Waals surface area contributed by atoms with Crippen LogP contribution in [0.25, 0.3) is 0 Å². The number of carbonyl (C=O) groups is 2. The van der Waals surface area contributed by atoms with Gasteiger partial charge in [-0.3, -0.25) is 9.59 Å². The first-order valence-corrected chi connectivity index (χ1v) is 16.2. The maximum absolute atomic E-state index is 14.7. The van der Waals surface area contributed by atoms with Crippen LogP contribution < -0.4 is 5.32 Å². The molecule has 6 rings (SSSR count). The fourth-order valence-corrected chi connectivity index (χ4v) is 11.5. The maximum atomic E-state index is 14.7. The van der Waals surface area contributed by atoms with Gasteiger partial charge in [0.05, 0.1) is 19.2 Å². The molecule has 1 aromatic rings. The predicted octanol–water partition coefficient (Wildman–Crippen LogP) is 5.60. The molecule has 5 aliphatic carbocycles. The number of nitriles is 1.